The average molecular weight is 413 g/mol. The number of carboxylic acids is 1. The normalized spacial score (nSPS) is 11.0. The van der Waals surface area contributed by atoms with Crippen LogP contribution in [0.15, 0.2) is 54.6 Å². The molecule has 0 fully saturated rings. The highest BCUT2D eigenvalue weighted by Crippen LogP contribution is 2.34. The van der Waals surface area contributed by atoms with Crippen molar-refractivity contribution >= 4 is 40.2 Å². The van der Waals surface area contributed by atoms with Crippen LogP contribution in [0.5, 0.6) is 11.8 Å². The van der Waals surface area contributed by atoms with Gasteiger partial charge in [0.15, 0.2) is 0 Å². The number of hydrogen-bond donors (Lipinski definition) is 2. The molecule has 0 spiro atoms. The van der Waals surface area contributed by atoms with Crippen LogP contribution in [0.1, 0.15) is 15.9 Å². The molecule has 5 nitrogen and oxygen atoms in total. The van der Waals surface area contributed by atoms with E-state index in [1.165, 1.54) is 6.07 Å². The summed E-state index contributed by atoms with van der Waals surface area (Å²) in [5, 5.41) is 10.4. The van der Waals surface area contributed by atoms with Gasteiger partial charge in [-0.2, -0.15) is 4.98 Å². The lowest BCUT2D eigenvalue weighted by Crippen LogP contribution is -2.00. The molecule has 3 aromatic carbocycles. The zero-order valence-electron chi connectivity index (χ0n) is 14.7. The molecular weight excluding hydrogens is 399 g/mol. The number of fused-ring (bicyclic) bond motifs is 1. The molecule has 2 N–H and O–H groups in total. The second-order valence-corrected chi connectivity index (χ2v) is 7.13. The molecule has 0 amide bonds. The molecule has 0 radical (unpaired) electrons. The Labute approximate surface area is 170 Å². The summed E-state index contributed by atoms with van der Waals surface area (Å²) in [6.07, 6.45) is 0. The monoisotopic (exact) mass is 412 g/mol. The standard InChI is InChI=1S/C21H14Cl2N2O3/c1-11-5-6-14(8-15(11)20(26)27)28-21-24-18-9-16(17(23)10-19(18)25-21)12-3-2-4-13(22)7-12/h2-10H,1H3,(H,24,25)(H,26,27). The first-order chi connectivity index (χ1) is 13.4. The summed E-state index contributed by atoms with van der Waals surface area (Å²) in [7, 11) is 0. The molecule has 28 heavy (non-hydrogen) atoms. The minimum absolute atomic E-state index is 0.180. The Kier molecular flexibility index (Phi) is 4.71. The maximum Gasteiger partial charge on any atom is 0.336 e. The number of aromatic amines is 1. The highest BCUT2D eigenvalue weighted by molar-refractivity contribution is 6.34. The van der Waals surface area contributed by atoms with Crippen LogP contribution in [-0.2, 0) is 0 Å². The number of hydrogen-bond acceptors (Lipinski definition) is 3. The molecule has 1 aromatic heterocycles. The Morgan fingerprint density at radius 1 is 1.11 bits per heavy atom. The smallest absolute Gasteiger partial charge is 0.336 e. The predicted octanol–water partition coefficient (Wildman–Crippen LogP) is 6.34. The van der Waals surface area contributed by atoms with Crippen LogP contribution >= 0.6 is 23.2 Å². The number of halogens is 2. The Hall–Kier alpha value is -3.02. The van der Waals surface area contributed by atoms with Crippen molar-refractivity contribution in [2.24, 2.45) is 0 Å². The number of benzene rings is 3. The van der Waals surface area contributed by atoms with E-state index in [1.807, 2.05) is 24.3 Å². The summed E-state index contributed by atoms with van der Waals surface area (Å²) in [6, 6.07) is 16.1. The fourth-order valence-electron chi connectivity index (χ4n) is 2.94. The quantitative estimate of drug-likeness (QED) is 0.410. The van der Waals surface area contributed by atoms with E-state index < -0.39 is 5.97 Å². The maximum atomic E-state index is 11.3. The number of carboxylic acid groups (broad SMARTS) is 1. The summed E-state index contributed by atoms with van der Waals surface area (Å²) < 4.78 is 5.72. The van der Waals surface area contributed by atoms with Gasteiger partial charge in [0.2, 0.25) is 0 Å². The van der Waals surface area contributed by atoms with Crippen LogP contribution < -0.4 is 4.74 Å². The number of nitrogens with one attached hydrogen (secondary N) is 1. The Bertz CT molecular complexity index is 1220. The van der Waals surface area contributed by atoms with Gasteiger partial charge in [0, 0.05) is 10.6 Å². The van der Waals surface area contributed by atoms with Crippen molar-refractivity contribution in [2.45, 2.75) is 6.92 Å². The van der Waals surface area contributed by atoms with E-state index in [9.17, 15) is 9.90 Å². The van der Waals surface area contributed by atoms with Gasteiger partial charge >= 0.3 is 5.97 Å². The molecule has 0 aliphatic carbocycles. The first-order valence-electron chi connectivity index (χ1n) is 8.38. The SMILES string of the molecule is Cc1ccc(Oc2nc3cc(-c4cccc(Cl)c4)c(Cl)cc3[nH]2)cc1C(=O)O. The molecule has 1 heterocycles. The molecule has 0 saturated heterocycles. The van der Waals surface area contributed by atoms with Crippen molar-refractivity contribution in [3.8, 4) is 22.9 Å². The number of imidazole rings is 1. The third-order valence-electron chi connectivity index (χ3n) is 4.34. The van der Waals surface area contributed by atoms with Crippen LogP contribution in [0.4, 0.5) is 0 Å². The zero-order valence-corrected chi connectivity index (χ0v) is 16.2. The minimum Gasteiger partial charge on any atom is -0.478 e. The van der Waals surface area contributed by atoms with Gasteiger partial charge in [0.25, 0.3) is 6.01 Å². The maximum absolute atomic E-state index is 11.3. The lowest BCUT2D eigenvalue weighted by molar-refractivity contribution is 0.0695. The number of H-pyrrole nitrogens is 1. The molecule has 4 aromatic rings. The van der Waals surface area contributed by atoms with Crippen molar-refractivity contribution in [1.82, 2.24) is 9.97 Å². The number of ether oxygens (including phenoxy) is 1. The fraction of sp³-hybridized carbons (Fsp3) is 0.0476. The number of rotatable bonds is 4. The first kappa shape index (κ1) is 18.3. The molecule has 0 aliphatic rings. The van der Waals surface area contributed by atoms with Crippen LogP contribution in [-0.4, -0.2) is 21.0 Å². The van der Waals surface area contributed by atoms with Gasteiger partial charge in [-0.15, -0.1) is 0 Å². The number of nitrogens with zero attached hydrogens (tertiary/aromatic N) is 1. The van der Waals surface area contributed by atoms with Gasteiger partial charge < -0.3 is 14.8 Å². The molecule has 0 atom stereocenters. The topological polar surface area (TPSA) is 75.2 Å². The summed E-state index contributed by atoms with van der Waals surface area (Å²) in [5.74, 6) is -0.631. The fourth-order valence-corrected chi connectivity index (χ4v) is 3.40. The third-order valence-corrected chi connectivity index (χ3v) is 4.89. The van der Waals surface area contributed by atoms with E-state index in [0.717, 1.165) is 11.1 Å². The number of aromatic carboxylic acids is 1. The molecule has 4 rings (SSSR count). The summed E-state index contributed by atoms with van der Waals surface area (Å²) >= 11 is 12.5. The Balaban J connectivity index is 1.71. The van der Waals surface area contributed by atoms with Gasteiger partial charge in [-0.05, 0) is 54.4 Å². The van der Waals surface area contributed by atoms with E-state index in [0.29, 0.717) is 32.4 Å². The third kappa shape index (κ3) is 3.54. The second-order valence-electron chi connectivity index (χ2n) is 6.29. The van der Waals surface area contributed by atoms with Crippen LogP contribution in [0.25, 0.3) is 22.2 Å². The summed E-state index contributed by atoms with van der Waals surface area (Å²) in [5.41, 5.74) is 3.89. The molecule has 0 saturated carbocycles. The number of aromatic nitrogens is 2. The Morgan fingerprint density at radius 3 is 2.68 bits per heavy atom. The van der Waals surface area contributed by atoms with Gasteiger partial charge in [0.1, 0.15) is 5.75 Å². The lowest BCUT2D eigenvalue weighted by Gasteiger charge is -2.05. The summed E-state index contributed by atoms with van der Waals surface area (Å²) in [4.78, 5) is 18.8. The van der Waals surface area contributed by atoms with Crippen molar-refractivity contribution in [1.29, 1.82) is 0 Å². The van der Waals surface area contributed by atoms with Crippen LogP contribution in [0, 0.1) is 6.92 Å². The average Bonchev–Trinajstić information content (AvgIpc) is 3.03. The van der Waals surface area contributed by atoms with E-state index in [-0.39, 0.29) is 11.6 Å². The largest absolute Gasteiger partial charge is 0.478 e. The number of aryl methyl sites for hydroxylation is 1. The molecule has 0 bridgehead atoms. The summed E-state index contributed by atoms with van der Waals surface area (Å²) in [6.45, 7) is 1.73. The van der Waals surface area contributed by atoms with Gasteiger partial charge in [-0.25, -0.2) is 4.79 Å². The Morgan fingerprint density at radius 2 is 1.93 bits per heavy atom. The zero-order chi connectivity index (χ0) is 19.8. The van der Waals surface area contributed by atoms with Crippen molar-refractivity contribution < 1.29 is 14.6 Å². The van der Waals surface area contributed by atoms with E-state index in [1.54, 1.807) is 31.2 Å². The predicted molar refractivity (Wildman–Crippen MR) is 110 cm³/mol. The molecular formula is C21H14Cl2N2O3. The molecule has 7 heteroatoms. The lowest BCUT2D eigenvalue weighted by atomic mass is 10.1. The van der Waals surface area contributed by atoms with Crippen molar-refractivity contribution in [3.05, 3.63) is 75.8 Å². The van der Waals surface area contributed by atoms with Crippen LogP contribution in [0.3, 0.4) is 0 Å². The molecule has 0 aliphatic heterocycles. The van der Waals surface area contributed by atoms with E-state index in [4.69, 9.17) is 27.9 Å². The van der Waals surface area contributed by atoms with Crippen LogP contribution in [0.2, 0.25) is 10.0 Å². The van der Waals surface area contributed by atoms with Gasteiger partial charge in [0.05, 0.1) is 21.6 Å². The highest BCUT2D eigenvalue weighted by Gasteiger charge is 2.13. The molecule has 0 unspecified atom stereocenters. The second kappa shape index (κ2) is 7.19. The van der Waals surface area contributed by atoms with Crippen molar-refractivity contribution in [3.63, 3.8) is 0 Å². The minimum atomic E-state index is -1.01. The molecule has 140 valence electrons. The van der Waals surface area contributed by atoms with E-state index >= 15 is 0 Å². The first-order valence-corrected chi connectivity index (χ1v) is 9.13. The van der Waals surface area contributed by atoms with Crippen molar-refractivity contribution in [2.75, 3.05) is 0 Å². The highest BCUT2D eigenvalue weighted by atomic mass is 35.5. The van der Waals surface area contributed by atoms with E-state index in [2.05, 4.69) is 9.97 Å². The number of carbonyl (C=O) groups is 1. The van der Waals surface area contributed by atoms with Gasteiger partial charge in [-0.3, -0.25) is 0 Å². The van der Waals surface area contributed by atoms with Gasteiger partial charge in [-0.1, -0.05) is 41.4 Å².